The number of hydrogen-bond donors (Lipinski definition) is 2. The molecule has 0 radical (unpaired) electrons. The van der Waals surface area contributed by atoms with Crippen molar-refractivity contribution in [2.45, 2.75) is 13.1 Å². The lowest BCUT2D eigenvalue weighted by atomic mass is 10.1. The molecule has 0 spiro atoms. The van der Waals surface area contributed by atoms with Crippen LogP contribution in [-0.2, 0) is 6.18 Å². The van der Waals surface area contributed by atoms with Crippen molar-refractivity contribution in [3.63, 3.8) is 0 Å². The molecular formula is C18H14F3N3O2. The number of benzene rings is 2. The number of para-hydroxylation sites is 1. The maximum atomic E-state index is 12.7. The minimum Gasteiger partial charge on any atom is -0.366 e. The minimum atomic E-state index is -4.46. The van der Waals surface area contributed by atoms with Crippen molar-refractivity contribution in [2.24, 2.45) is 5.73 Å². The van der Waals surface area contributed by atoms with E-state index in [1.54, 1.807) is 18.2 Å². The Labute approximate surface area is 146 Å². The quantitative estimate of drug-likeness (QED) is 0.719. The molecule has 0 aliphatic heterocycles. The number of nitrogens with two attached hydrogens (primary N) is 1. The Hall–Kier alpha value is -3.29. The number of anilines is 1. The van der Waals surface area contributed by atoms with Gasteiger partial charge < -0.3 is 11.1 Å². The highest BCUT2D eigenvalue weighted by atomic mass is 19.4. The summed E-state index contributed by atoms with van der Waals surface area (Å²) in [5, 5.41) is 3.19. The molecule has 3 aromatic rings. The lowest BCUT2D eigenvalue weighted by molar-refractivity contribution is -0.137. The van der Waals surface area contributed by atoms with Gasteiger partial charge in [-0.1, -0.05) is 12.1 Å². The van der Waals surface area contributed by atoms with E-state index in [9.17, 15) is 22.8 Å². The fraction of sp³-hybridized carbons (Fsp3) is 0.111. The summed E-state index contributed by atoms with van der Waals surface area (Å²) < 4.78 is 39.4. The summed E-state index contributed by atoms with van der Waals surface area (Å²) in [6.45, 7) is 1.47. The van der Waals surface area contributed by atoms with Crippen LogP contribution in [0.1, 0.15) is 21.5 Å². The molecule has 0 saturated heterocycles. The predicted octanol–water partition coefficient (Wildman–Crippen LogP) is 4.15. The summed E-state index contributed by atoms with van der Waals surface area (Å²) in [4.78, 5) is 24.2. The van der Waals surface area contributed by atoms with Crippen LogP contribution in [0.15, 0.2) is 48.7 Å². The van der Waals surface area contributed by atoms with Gasteiger partial charge in [0, 0.05) is 17.3 Å². The van der Waals surface area contributed by atoms with E-state index in [0.717, 1.165) is 12.1 Å². The zero-order chi connectivity index (χ0) is 19.1. The van der Waals surface area contributed by atoms with Crippen LogP contribution in [0.3, 0.4) is 0 Å². The van der Waals surface area contributed by atoms with E-state index in [-0.39, 0.29) is 16.8 Å². The second-order valence-electron chi connectivity index (χ2n) is 5.75. The number of fused-ring (bicyclic) bond motifs is 1. The number of carbonyl (C=O) groups excluding carboxylic acids is 2. The maximum absolute atomic E-state index is 12.7. The van der Waals surface area contributed by atoms with E-state index in [4.69, 9.17) is 5.73 Å². The average molecular weight is 361 g/mol. The molecule has 5 nitrogen and oxygen atoms in total. The molecule has 0 fully saturated rings. The zero-order valence-electron chi connectivity index (χ0n) is 13.6. The van der Waals surface area contributed by atoms with Crippen molar-refractivity contribution >= 4 is 28.5 Å². The third kappa shape index (κ3) is 3.13. The fourth-order valence-electron chi connectivity index (χ4n) is 2.72. The van der Waals surface area contributed by atoms with Crippen LogP contribution in [0, 0.1) is 6.92 Å². The SMILES string of the molecule is Cc1cc(C(F)(F)F)ccc1NC(=O)n1ccc2cccc(C(N)=O)c21. The van der Waals surface area contributed by atoms with E-state index in [0.29, 0.717) is 10.9 Å². The average Bonchev–Trinajstić information content (AvgIpc) is 2.99. The normalized spacial score (nSPS) is 11.5. The molecule has 2 aromatic carbocycles. The second kappa shape index (κ2) is 6.21. The number of rotatable bonds is 2. The van der Waals surface area contributed by atoms with E-state index in [2.05, 4.69) is 5.32 Å². The van der Waals surface area contributed by atoms with Crippen molar-refractivity contribution < 1.29 is 22.8 Å². The van der Waals surface area contributed by atoms with Crippen molar-refractivity contribution in [2.75, 3.05) is 5.32 Å². The van der Waals surface area contributed by atoms with Crippen LogP contribution in [0.5, 0.6) is 0 Å². The van der Waals surface area contributed by atoms with E-state index in [1.807, 2.05) is 0 Å². The lowest BCUT2D eigenvalue weighted by Gasteiger charge is -2.13. The van der Waals surface area contributed by atoms with Gasteiger partial charge in [0.15, 0.2) is 0 Å². The standard InChI is InChI=1S/C18H14F3N3O2/c1-10-9-12(18(19,20)21)5-6-14(10)23-17(26)24-8-7-11-3-2-4-13(15(11)24)16(22)25/h2-9H,1H3,(H2,22,25)(H,23,26). The predicted molar refractivity (Wildman–Crippen MR) is 91.1 cm³/mol. The monoisotopic (exact) mass is 361 g/mol. The molecule has 2 amide bonds. The largest absolute Gasteiger partial charge is 0.416 e. The second-order valence-corrected chi connectivity index (χ2v) is 5.75. The van der Waals surface area contributed by atoms with Gasteiger partial charge in [0.25, 0.3) is 5.91 Å². The zero-order valence-corrected chi connectivity index (χ0v) is 13.6. The van der Waals surface area contributed by atoms with Crippen LogP contribution < -0.4 is 11.1 Å². The Kier molecular flexibility index (Phi) is 4.19. The molecule has 3 N–H and O–H groups in total. The van der Waals surface area contributed by atoms with Gasteiger partial charge in [-0.15, -0.1) is 0 Å². The van der Waals surface area contributed by atoms with Crippen molar-refractivity contribution in [1.82, 2.24) is 4.57 Å². The van der Waals surface area contributed by atoms with E-state index >= 15 is 0 Å². The topological polar surface area (TPSA) is 77.1 Å². The third-order valence-electron chi connectivity index (χ3n) is 3.99. The van der Waals surface area contributed by atoms with E-state index in [1.165, 1.54) is 29.8 Å². The lowest BCUT2D eigenvalue weighted by Crippen LogP contribution is -2.21. The Morgan fingerprint density at radius 1 is 1.12 bits per heavy atom. The van der Waals surface area contributed by atoms with Crippen molar-refractivity contribution in [3.8, 4) is 0 Å². The Morgan fingerprint density at radius 2 is 1.85 bits per heavy atom. The first-order chi connectivity index (χ1) is 12.2. The summed E-state index contributed by atoms with van der Waals surface area (Å²) >= 11 is 0. The highest BCUT2D eigenvalue weighted by molar-refractivity contribution is 6.09. The summed E-state index contributed by atoms with van der Waals surface area (Å²) in [6.07, 6.45) is -2.99. The number of carbonyl (C=O) groups is 2. The molecule has 0 atom stereocenters. The first-order valence-electron chi connectivity index (χ1n) is 7.57. The first-order valence-corrected chi connectivity index (χ1v) is 7.57. The molecule has 1 aromatic heterocycles. The van der Waals surface area contributed by atoms with Gasteiger partial charge in [0.05, 0.1) is 16.6 Å². The van der Waals surface area contributed by atoms with Gasteiger partial charge in [0.2, 0.25) is 0 Å². The van der Waals surface area contributed by atoms with Crippen LogP contribution in [0.2, 0.25) is 0 Å². The maximum Gasteiger partial charge on any atom is 0.416 e. The number of nitrogens with zero attached hydrogens (tertiary/aromatic N) is 1. The van der Waals surface area contributed by atoms with Crippen LogP contribution >= 0.6 is 0 Å². The van der Waals surface area contributed by atoms with Gasteiger partial charge in [-0.3, -0.25) is 9.36 Å². The molecule has 26 heavy (non-hydrogen) atoms. The fourth-order valence-corrected chi connectivity index (χ4v) is 2.72. The number of amides is 2. The Morgan fingerprint density at radius 3 is 2.46 bits per heavy atom. The third-order valence-corrected chi connectivity index (χ3v) is 3.99. The molecule has 0 unspecified atom stereocenters. The summed E-state index contributed by atoms with van der Waals surface area (Å²) in [6, 6.07) is 8.93. The van der Waals surface area contributed by atoms with Gasteiger partial charge in [-0.05, 0) is 42.8 Å². The molecule has 0 aliphatic rings. The molecule has 0 aliphatic carbocycles. The van der Waals surface area contributed by atoms with Crippen LogP contribution in [-0.4, -0.2) is 16.5 Å². The number of alkyl halides is 3. The van der Waals surface area contributed by atoms with Crippen LogP contribution in [0.25, 0.3) is 10.9 Å². The van der Waals surface area contributed by atoms with Crippen LogP contribution in [0.4, 0.5) is 23.7 Å². The summed E-state index contributed by atoms with van der Waals surface area (Å²) in [5.74, 6) is -0.686. The summed E-state index contributed by atoms with van der Waals surface area (Å²) in [5.41, 5.74) is 5.57. The molecule has 1 heterocycles. The number of halogens is 3. The van der Waals surface area contributed by atoms with Crippen molar-refractivity contribution in [3.05, 3.63) is 65.4 Å². The number of hydrogen-bond acceptors (Lipinski definition) is 2. The van der Waals surface area contributed by atoms with Gasteiger partial charge in [0.1, 0.15) is 0 Å². The highest BCUT2D eigenvalue weighted by Gasteiger charge is 2.30. The van der Waals surface area contributed by atoms with Gasteiger partial charge in [-0.25, -0.2) is 4.79 Å². The van der Waals surface area contributed by atoms with Gasteiger partial charge in [-0.2, -0.15) is 13.2 Å². The van der Waals surface area contributed by atoms with Gasteiger partial charge >= 0.3 is 12.2 Å². The van der Waals surface area contributed by atoms with Crippen molar-refractivity contribution in [1.29, 1.82) is 0 Å². The molecule has 8 heteroatoms. The molecule has 0 saturated carbocycles. The highest BCUT2D eigenvalue weighted by Crippen LogP contribution is 2.31. The smallest absolute Gasteiger partial charge is 0.366 e. The minimum absolute atomic E-state index is 0.173. The number of primary amides is 1. The van der Waals surface area contributed by atoms with E-state index < -0.39 is 23.7 Å². The molecule has 134 valence electrons. The Bertz CT molecular complexity index is 1020. The summed E-state index contributed by atoms with van der Waals surface area (Å²) in [7, 11) is 0. The molecule has 3 rings (SSSR count). The number of nitrogens with one attached hydrogen (secondary N) is 1. The first kappa shape index (κ1) is 17.5. The molecular weight excluding hydrogens is 347 g/mol. The Balaban J connectivity index is 1.97. The molecule has 0 bridgehead atoms. The number of aromatic nitrogens is 1. The number of aryl methyl sites for hydroxylation is 1.